The molecule has 0 radical (unpaired) electrons. The molecule has 8 nitrogen and oxygen atoms in total. The molecular weight excluding hydrogens is 481 g/mol. The van der Waals surface area contributed by atoms with Gasteiger partial charge in [-0.15, -0.1) is 10.2 Å². The lowest BCUT2D eigenvalue weighted by Crippen LogP contribution is -2.16. The number of halogens is 2. The van der Waals surface area contributed by atoms with Crippen LogP contribution in [0.1, 0.15) is 32.1 Å². The Bertz CT molecular complexity index is 1470. The summed E-state index contributed by atoms with van der Waals surface area (Å²) >= 11 is 6.03. The average Bonchev–Trinajstić information content (AvgIpc) is 3.35. The van der Waals surface area contributed by atoms with Crippen molar-refractivity contribution in [3.8, 4) is 22.9 Å². The molecule has 0 unspecified atom stereocenters. The first-order valence-corrected chi connectivity index (χ1v) is 12.2. The predicted molar refractivity (Wildman–Crippen MR) is 128 cm³/mol. The number of nitrogens with zero attached hydrogens (tertiary/aromatic N) is 4. The lowest BCUT2D eigenvalue weighted by atomic mass is 9.87. The fraction of sp³-hybridized carbons (Fsp3) is 0.261. The largest absolute Gasteiger partial charge is 0.448 e. The van der Waals surface area contributed by atoms with Crippen molar-refractivity contribution in [2.24, 2.45) is 7.05 Å². The minimum absolute atomic E-state index is 0.0271. The maximum absolute atomic E-state index is 14.4. The van der Waals surface area contributed by atoms with Crippen molar-refractivity contribution in [1.82, 2.24) is 19.7 Å². The Labute approximate surface area is 201 Å². The summed E-state index contributed by atoms with van der Waals surface area (Å²) in [4.78, 5) is 4.18. The third-order valence-electron chi connectivity index (χ3n) is 5.41. The average molecular weight is 504 g/mol. The molecule has 11 heteroatoms. The van der Waals surface area contributed by atoms with E-state index in [0.29, 0.717) is 17.3 Å². The standard InChI is InChI=1S/C23H23ClFN5O3S/c1-13-20(26-12-33-13)22-28-27-21(30(22)5)16-10-17(24)18(25)11-19(16)29-34(31,32)15-8-6-14(7-9-15)23(2,3)4/h6-12,29H,1-5H3. The Kier molecular flexibility index (Phi) is 5.99. The lowest BCUT2D eigenvalue weighted by molar-refractivity contribution is 0.527. The first-order valence-electron chi connectivity index (χ1n) is 10.3. The highest BCUT2D eigenvalue weighted by Gasteiger charge is 2.24. The van der Waals surface area contributed by atoms with Crippen LogP contribution in [0.5, 0.6) is 0 Å². The van der Waals surface area contributed by atoms with Crippen LogP contribution >= 0.6 is 11.6 Å². The van der Waals surface area contributed by atoms with Crippen LogP contribution in [0, 0.1) is 12.7 Å². The van der Waals surface area contributed by atoms with Gasteiger partial charge in [0, 0.05) is 18.7 Å². The SMILES string of the molecule is Cc1ocnc1-c1nnc(-c2cc(Cl)c(F)cc2NS(=O)(=O)c2ccc(C(C)(C)C)cc2)n1C. The molecule has 0 bridgehead atoms. The maximum atomic E-state index is 14.4. The molecule has 2 aromatic heterocycles. The number of aromatic nitrogens is 4. The van der Waals surface area contributed by atoms with Gasteiger partial charge in [-0.25, -0.2) is 17.8 Å². The Hall–Kier alpha value is -3.24. The molecule has 0 amide bonds. The van der Waals surface area contributed by atoms with E-state index in [0.717, 1.165) is 11.6 Å². The van der Waals surface area contributed by atoms with Crippen LogP contribution in [0.15, 0.2) is 52.1 Å². The normalized spacial score (nSPS) is 12.2. The summed E-state index contributed by atoms with van der Waals surface area (Å²) in [6, 6.07) is 8.88. The van der Waals surface area contributed by atoms with Gasteiger partial charge in [-0.05, 0) is 36.1 Å². The summed E-state index contributed by atoms with van der Waals surface area (Å²) in [7, 11) is -2.36. The zero-order chi connectivity index (χ0) is 24.8. The summed E-state index contributed by atoms with van der Waals surface area (Å²) in [6.07, 6.45) is 1.29. The van der Waals surface area contributed by atoms with E-state index >= 15 is 0 Å². The van der Waals surface area contributed by atoms with E-state index in [2.05, 4.69) is 19.9 Å². The van der Waals surface area contributed by atoms with Crippen molar-refractivity contribution < 1.29 is 17.2 Å². The van der Waals surface area contributed by atoms with Crippen LogP contribution in [0.4, 0.5) is 10.1 Å². The van der Waals surface area contributed by atoms with E-state index in [1.54, 1.807) is 30.7 Å². The van der Waals surface area contributed by atoms with Gasteiger partial charge in [-0.3, -0.25) is 4.72 Å². The van der Waals surface area contributed by atoms with E-state index in [1.807, 2.05) is 20.8 Å². The summed E-state index contributed by atoms with van der Waals surface area (Å²) in [6.45, 7) is 7.84. The molecule has 178 valence electrons. The van der Waals surface area contributed by atoms with Gasteiger partial charge >= 0.3 is 0 Å². The molecule has 34 heavy (non-hydrogen) atoms. The number of sulfonamides is 1. The number of hydrogen-bond donors (Lipinski definition) is 1. The second kappa shape index (κ2) is 8.52. The van der Waals surface area contributed by atoms with Crippen molar-refractivity contribution in [3.05, 3.63) is 65.0 Å². The number of oxazole rings is 1. The van der Waals surface area contributed by atoms with Gasteiger partial charge in [0.2, 0.25) is 0 Å². The molecule has 1 N–H and O–H groups in total. The number of hydrogen-bond acceptors (Lipinski definition) is 6. The van der Waals surface area contributed by atoms with Crippen LogP contribution in [0.25, 0.3) is 22.9 Å². The highest BCUT2D eigenvalue weighted by Crippen LogP contribution is 2.35. The van der Waals surface area contributed by atoms with Crippen LogP contribution in [-0.4, -0.2) is 28.2 Å². The predicted octanol–water partition coefficient (Wildman–Crippen LogP) is 5.34. The van der Waals surface area contributed by atoms with Crippen molar-refractivity contribution in [1.29, 1.82) is 0 Å². The molecule has 4 aromatic rings. The van der Waals surface area contributed by atoms with Crippen molar-refractivity contribution in [2.75, 3.05) is 4.72 Å². The molecule has 0 spiro atoms. The van der Waals surface area contributed by atoms with Gasteiger partial charge in [-0.1, -0.05) is 44.5 Å². The van der Waals surface area contributed by atoms with Crippen molar-refractivity contribution in [3.63, 3.8) is 0 Å². The van der Waals surface area contributed by atoms with Gasteiger partial charge in [0.05, 0.1) is 15.6 Å². The summed E-state index contributed by atoms with van der Waals surface area (Å²) in [5, 5.41) is 8.14. The fourth-order valence-electron chi connectivity index (χ4n) is 3.44. The highest BCUT2D eigenvalue weighted by molar-refractivity contribution is 7.92. The Balaban J connectivity index is 1.77. The number of benzene rings is 2. The van der Waals surface area contributed by atoms with Gasteiger partial charge in [0.15, 0.2) is 18.0 Å². The zero-order valence-corrected chi connectivity index (χ0v) is 20.8. The van der Waals surface area contributed by atoms with Crippen LogP contribution in [0.2, 0.25) is 5.02 Å². The highest BCUT2D eigenvalue weighted by atomic mass is 35.5. The molecule has 0 saturated heterocycles. The van der Waals surface area contributed by atoms with E-state index in [1.165, 1.54) is 24.6 Å². The third-order valence-corrected chi connectivity index (χ3v) is 7.08. The zero-order valence-electron chi connectivity index (χ0n) is 19.2. The van der Waals surface area contributed by atoms with Crippen LogP contribution in [0.3, 0.4) is 0 Å². The smallest absolute Gasteiger partial charge is 0.261 e. The number of rotatable bonds is 5. The Morgan fingerprint density at radius 3 is 2.32 bits per heavy atom. The molecule has 2 aromatic carbocycles. The molecule has 0 aliphatic heterocycles. The minimum Gasteiger partial charge on any atom is -0.448 e. The Morgan fingerprint density at radius 2 is 1.74 bits per heavy atom. The van der Waals surface area contributed by atoms with Crippen LogP contribution in [-0.2, 0) is 22.5 Å². The molecule has 0 aliphatic carbocycles. The molecule has 4 rings (SSSR count). The molecule has 0 saturated carbocycles. The van der Waals surface area contributed by atoms with Gasteiger partial charge in [0.1, 0.15) is 17.3 Å². The fourth-order valence-corrected chi connectivity index (χ4v) is 4.68. The summed E-state index contributed by atoms with van der Waals surface area (Å²) in [5.41, 5.74) is 1.56. The molecule has 0 atom stereocenters. The summed E-state index contributed by atoms with van der Waals surface area (Å²) in [5.74, 6) is 0.424. The first kappa shape index (κ1) is 23.9. The van der Waals surface area contributed by atoms with Gasteiger partial charge < -0.3 is 8.98 Å². The van der Waals surface area contributed by atoms with Crippen molar-refractivity contribution >= 4 is 27.3 Å². The van der Waals surface area contributed by atoms with Crippen molar-refractivity contribution in [2.45, 2.75) is 38.0 Å². The Morgan fingerprint density at radius 1 is 1.09 bits per heavy atom. The van der Waals surface area contributed by atoms with Crippen LogP contribution < -0.4 is 4.72 Å². The second-order valence-electron chi connectivity index (χ2n) is 8.86. The first-order chi connectivity index (χ1) is 15.9. The molecule has 0 aliphatic rings. The topological polar surface area (TPSA) is 103 Å². The third kappa shape index (κ3) is 4.43. The quantitative estimate of drug-likeness (QED) is 0.394. The van der Waals surface area contributed by atoms with E-state index in [4.69, 9.17) is 16.0 Å². The summed E-state index contributed by atoms with van der Waals surface area (Å²) < 4.78 is 50.0. The number of aryl methyl sites for hydroxylation is 1. The maximum Gasteiger partial charge on any atom is 0.261 e. The minimum atomic E-state index is -4.04. The number of nitrogens with one attached hydrogen (secondary N) is 1. The van der Waals surface area contributed by atoms with E-state index < -0.39 is 15.8 Å². The van der Waals surface area contributed by atoms with E-state index in [9.17, 15) is 12.8 Å². The molecule has 2 heterocycles. The van der Waals surface area contributed by atoms with Gasteiger partial charge in [0.25, 0.3) is 10.0 Å². The van der Waals surface area contributed by atoms with E-state index in [-0.39, 0.29) is 32.4 Å². The molecule has 0 fully saturated rings. The lowest BCUT2D eigenvalue weighted by Gasteiger charge is -2.19. The number of anilines is 1. The van der Waals surface area contributed by atoms with Gasteiger partial charge in [-0.2, -0.15) is 0 Å². The monoisotopic (exact) mass is 503 g/mol. The second-order valence-corrected chi connectivity index (χ2v) is 10.9. The molecular formula is C23H23ClFN5O3S.